The van der Waals surface area contributed by atoms with Crippen molar-refractivity contribution in [2.24, 2.45) is 5.92 Å². The smallest absolute Gasteiger partial charge is 0.269 e. The van der Waals surface area contributed by atoms with Gasteiger partial charge in [0.15, 0.2) is 0 Å². The fourth-order valence-electron chi connectivity index (χ4n) is 2.97. The average molecular weight is 416 g/mol. The zero-order valence-electron chi connectivity index (χ0n) is 16.1. The summed E-state index contributed by atoms with van der Waals surface area (Å²) in [5.74, 6) is -1.23. The molecule has 1 aromatic carbocycles. The Hall–Kier alpha value is -3.80. The van der Waals surface area contributed by atoms with E-state index in [1.807, 2.05) is 0 Å². The van der Waals surface area contributed by atoms with E-state index in [2.05, 4.69) is 25.9 Å². The van der Waals surface area contributed by atoms with E-state index in [4.69, 9.17) is 4.74 Å². The molecule has 3 rings (SSSR count). The summed E-state index contributed by atoms with van der Waals surface area (Å²) in [6.07, 6.45) is -0.0922. The van der Waals surface area contributed by atoms with Crippen LogP contribution in [0.25, 0.3) is 0 Å². The summed E-state index contributed by atoms with van der Waals surface area (Å²) < 4.78 is 4.91. The Morgan fingerprint density at radius 1 is 1.33 bits per heavy atom. The highest BCUT2D eigenvalue weighted by atomic mass is 16.6. The number of nitro benzene ring substituents is 1. The van der Waals surface area contributed by atoms with Crippen LogP contribution in [0.3, 0.4) is 0 Å². The van der Waals surface area contributed by atoms with Crippen molar-refractivity contribution in [1.82, 2.24) is 9.97 Å². The van der Waals surface area contributed by atoms with E-state index in [0.29, 0.717) is 24.4 Å². The molecule has 0 aliphatic carbocycles. The lowest BCUT2D eigenvalue weighted by Crippen LogP contribution is -2.37. The Bertz CT molecular complexity index is 1020. The summed E-state index contributed by atoms with van der Waals surface area (Å²) in [6, 6.07) is 5.34. The minimum atomic E-state index is -0.745. The zero-order chi connectivity index (χ0) is 21.7. The number of aromatic amines is 1. The van der Waals surface area contributed by atoms with Crippen LogP contribution in [0.5, 0.6) is 0 Å². The maximum absolute atomic E-state index is 12.4. The highest BCUT2D eigenvalue weighted by Crippen LogP contribution is 2.24. The number of H-pyrrole nitrogens is 1. The third kappa shape index (κ3) is 4.97. The normalized spacial score (nSPS) is 15.1. The highest BCUT2D eigenvalue weighted by molar-refractivity contribution is 5.99. The van der Waals surface area contributed by atoms with E-state index in [1.165, 1.54) is 24.3 Å². The van der Waals surface area contributed by atoms with Crippen LogP contribution in [0.1, 0.15) is 12.0 Å². The minimum absolute atomic E-state index is 0.0650. The first-order chi connectivity index (χ1) is 14.4. The summed E-state index contributed by atoms with van der Waals surface area (Å²) >= 11 is 0. The van der Waals surface area contributed by atoms with Crippen molar-refractivity contribution in [3.63, 3.8) is 0 Å². The van der Waals surface area contributed by atoms with Crippen LogP contribution < -0.4 is 21.5 Å². The lowest BCUT2D eigenvalue weighted by molar-refractivity contribution is -0.384. The summed E-state index contributed by atoms with van der Waals surface area (Å²) in [5.41, 5.74) is 0.160. The number of rotatable bonds is 8. The molecule has 12 heteroatoms. The molecule has 0 saturated carbocycles. The molecule has 2 amide bonds. The second-order valence-corrected chi connectivity index (χ2v) is 6.61. The van der Waals surface area contributed by atoms with Crippen LogP contribution in [0, 0.1) is 16.0 Å². The Balaban J connectivity index is 1.65. The van der Waals surface area contributed by atoms with Gasteiger partial charge < -0.3 is 20.7 Å². The number of nitro groups is 1. The molecule has 1 aliphatic heterocycles. The predicted molar refractivity (Wildman–Crippen MR) is 107 cm³/mol. The Labute approximate surface area is 170 Å². The fourth-order valence-corrected chi connectivity index (χ4v) is 2.97. The molecule has 1 unspecified atom stereocenters. The number of anilines is 3. The number of amides is 2. The van der Waals surface area contributed by atoms with Crippen LogP contribution in [0.15, 0.2) is 29.1 Å². The van der Waals surface area contributed by atoms with E-state index in [0.717, 1.165) is 0 Å². The Kier molecular flexibility index (Phi) is 6.37. The molecular formula is C18H20N6O6. The van der Waals surface area contributed by atoms with Crippen molar-refractivity contribution >= 4 is 35.0 Å². The van der Waals surface area contributed by atoms with Gasteiger partial charge in [-0.1, -0.05) is 0 Å². The predicted octanol–water partition coefficient (Wildman–Crippen LogP) is 0.876. The van der Waals surface area contributed by atoms with Crippen molar-refractivity contribution in [2.45, 2.75) is 12.8 Å². The van der Waals surface area contributed by atoms with Gasteiger partial charge in [-0.3, -0.25) is 29.5 Å². The number of aromatic nitrogens is 2. The summed E-state index contributed by atoms with van der Waals surface area (Å²) in [7, 11) is 1.54. The molecule has 2 aromatic rings. The van der Waals surface area contributed by atoms with Gasteiger partial charge in [-0.2, -0.15) is 4.98 Å². The number of hydrogen-bond acceptors (Lipinski definition) is 8. The van der Waals surface area contributed by atoms with E-state index in [1.54, 1.807) is 7.11 Å². The molecule has 1 aliphatic rings. The van der Waals surface area contributed by atoms with E-state index in [9.17, 15) is 24.5 Å². The first kappa shape index (κ1) is 20.9. The summed E-state index contributed by atoms with van der Waals surface area (Å²) in [5, 5.41) is 18.7. The van der Waals surface area contributed by atoms with Gasteiger partial charge in [-0.25, -0.2) is 0 Å². The number of nitrogens with one attached hydrogen (secondary N) is 4. The van der Waals surface area contributed by atoms with Crippen molar-refractivity contribution < 1.29 is 19.2 Å². The monoisotopic (exact) mass is 416 g/mol. The molecule has 30 heavy (non-hydrogen) atoms. The van der Waals surface area contributed by atoms with E-state index in [-0.39, 0.29) is 30.3 Å². The molecule has 1 aromatic heterocycles. The summed E-state index contributed by atoms with van der Waals surface area (Å²) in [6.45, 7) is 0.844. The third-order valence-corrected chi connectivity index (χ3v) is 4.47. The second kappa shape index (κ2) is 9.13. The molecule has 0 saturated heterocycles. The number of benzene rings is 1. The third-order valence-electron chi connectivity index (χ3n) is 4.47. The molecule has 4 N–H and O–H groups in total. The molecule has 2 heterocycles. The number of methoxy groups -OCH3 is 1. The molecule has 0 spiro atoms. The van der Waals surface area contributed by atoms with Gasteiger partial charge in [-0.15, -0.1) is 0 Å². The van der Waals surface area contributed by atoms with Crippen molar-refractivity contribution in [3.8, 4) is 0 Å². The number of carbonyl (C=O) groups excluding carboxylic acids is 2. The quantitative estimate of drug-likeness (QED) is 0.279. The molecule has 0 radical (unpaired) electrons. The molecule has 1 atom stereocenters. The fraction of sp³-hybridized carbons (Fsp3) is 0.333. The van der Waals surface area contributed by atoms with Crippen LogP contribution in [-0.2, 0) is 20.7 Å². The number of non-ortho nitro benzene ring substituents is 1. The van der Waals surface area contributed by atoms with Crippen molar-refractivity contribution in [3.05, 3.63) is 50.3 Å². The first-order valence-electron chi connectivity index (χ1n) is 9.08. The van der Waals surface area contributed by atoms with Gasteiger partial charge in [-0.05, 0) is 18.6 Å². The Morgan fingerprint density at radius 3 is 2.73 bits per heavy atom. The number of hydrogen-bond donors (Lipinski definition) is 4. The standard InChI is InChI=1S/C18H20N6O6/c1-30-7-6-19-18-22-15-13(17(27)23-18)8-10(16(26)21-15)9-14(25)20-11-2-4-12(5-3-11)24(28)29/h2-5,10H,6-9H2,1H3,(H,20,25)(H3,19,21,22,23,26,27). The maximum atomic E-state index is 12.4. The van der Waals surface area contributed by atoms with Crippen LogP contribution in [0.4, 0.5) is 23.1 Å². The van der Waals surface area contributed by atoms with Gasteiger partial charge in [0.2, 0.25) is 17.8 Å². The van der Waals surface area contributed by atoms with Crippen LogP contribution in [0.2, 0.25) is 0 Å². The topological polar surface area (TPSA) is 168 Å². The lowest BCUT2D eigenvalue weighted by Gasteiger charge is -2.23. The first-order valence-corrected chi connectivity index (χ1v) is 9.08. The average Bonchev–Trinajstić information content (AvgIpc) is 2.69. The second-order valence-electron chi connectivity index (χ2n) is 6.61. The summed E-state index contributed by atoms with van der Waals surface area (Å²) in [4.78, 5) is 54.0. The van der Waals surface area contributed by atoms with Crippen molar-refractivity contribution in [2.75, 3.05) is 36.2 Å². The number of ether oxygens (including phenoxy) is 1. The molecular weight excluding hydrogens is 396 g/mol. The van der Waals surface area contributed by atoms with Gasteiger partial charge in [0.05, 0.1) is 23.0 Å². The van der Waals surface area contributed by atoms with E-state index >= 15 is 0 Å². The van der Waals surface area contributed by atoms with Gasteiger partial charge in [0.25, 0.3) is 11.2 Å². The minimum Gasteiger partial charge on any atom is -0.383 e. The number of nitrogens with zero attached hydrogens (tertiary/aromatic N) is 2. The SMILES string of the molecule is COCCNc1nc2c(c(=O)[nH]1)CC(CC(=O)Nc1ccc([N+](=O)[O-])cc1)C(=O)N2. The number of carbonyl (C=O) groups is 2. The maximum Gasteiger partial charge on any atom is 0.269 e. The highest BCUT2D eigenvalue weighted by Gasteiger charge is 2.31. The Morgan fingerprint density at radius 2 is 2.07 bits per heavy atom. The molecule has 158 valence electrons. The largest absolute Gasteiger partial charge is 0.383 e. The van der Waals surface area contributed by atoms with Crippen molar-refractivity contribution in [1.29, 1.82) is 0 Å². The van der Waals surface area contributed by atoms with Gasteiger partial charge >= 0.3 is 0 Å². The van der Waals surface area contributed by atoms with Crippen LogP contribution in [-0.4, -0.2) is 47.0 Å². The zero-order valence-corrected chi connectivity index (χ0v) is 16.1. The molecule has 12 nitrogen and oxygen atoms in total. The lowest BCUT2D eigenvalue weighted by atomic mass is 9.92. The molecule has 0 bridgehead atoms. The van der Waals surface area contributed by atoms with Crippen LogP contribution >= 0.6 is 0 Å². The van der Waals surface area contributed by atoms with E-state index < -0.39 is 28.2 Å². The number of fused-ring (bicyclic) bond motifs is 1. The van der Waals surface area contributed by atoms with Gasteiger partial charge in [0, 0.05) is 37.9 Å². The van der Waals surface area contributed by atoms with Gasteiger partial charge in [0.1, 0.15) is 5.82 Å². The molecule has 0 fully saturated rings.